The van der Waals surface area contributed by atoms with Crippen molar-refractivity contribution < 1.29 is 0 Å². The van der Waals surface area contributed by atoms with Gasteiger partial charge in [0.25, 0.3) is 0 Å². The monoisotopic (exact) mass is 390 g/mol. The average Bonchev–Trinajstić information content (AvgIpc) is 2.58. The molecule has 2 aromatic carbocycles. The predicted molar refractivity (Wildman–Crippen MR) is 106 cm³/mol. The second kappa shape index (κ2) is 10.8. The topological polar surface area (TPSA) is 0 Å². The van der Waals surface area contributed by atoms with Crippen LogP contribution in [0, 0.1) is 6.92 Å². The molecule has 0 fully saturated rings. The molecule has 0 nitrogen and oxygen atoms in total. The van der Waals surface area contributed by atoms with Crippen molar-refractivity contribution in [3.63, 3.8) is 0 Å². The van der Waals surface area contributed by atoms with E-state index in [-0.39, 0.29) is 0 Å². The Morgan fingerprint density at radius 2 is 1.70 bits per heavy atom. The molecule has 122 valence electrons. The van der Waals surface area contributed by atoms with Crippen LogP contribution in [0.2, 0.25) is 0 Å². The first-order valence-corrected chi connectivity index (χ1v) is 11.0. The zero-order valence-corrected chi connectivity index (χ0v) is 16.7. The van der Waals surface area contributed by atoms with Gasteiger partial charge in [-0.2, -0.15) is 0 Å². The number of hydrogen-bond acceptors (Lipinski definition) is 1. The molecular formula is C21H26SSe. The molecule has 2 rings (SSSR count). The van der Waals surface area contributed by atoms with Crippen LogP contribution in [0.3, 0.4) is 0 Å². The second-order valence-electron chi connectivity index (χ2n) is 5.74. The van der Waals surface area contributed by atoms with Crippen LogP contribution in [0.4, 0.5) is 0 Å². The number of rotatable bonds is 9. The van der Waals surface area contributed by atoms with E-state index in [4.69, 9.17) is 0 Å². The molecule has 0 heterocycles. The molecule has 0 aliphatic heterocycles. The molecular weight excluding hydrogens is 363 g/mol. The molecule has 0 aromatic heterocycles. The van der Waals surface area contributed by atoms with Gasteiger partial charge in [0.2, 0.25) is 0 Å². The summed E-state index contributed by atoms with van der Waals surface area (Å²) in [7, 11) is 0. The van der Waals surface area contributed by atoms with E-state index in [1.165, 1.54) is 47.0 Å². The minimum atomic E-state index is 0.450. The van der Waals surface area contributed by atoms with Crippen LogP contribution in [-0.4, -0.2) is 15.0 Å². The Hall–Kier alpha value is -0.951. The molecule has 0 N–H and O–H groups in total. The summed E-state index contributed by atoms with van der Waals surface area (Å²) in [6.45, 7) is 4.42. The SMILES string of the molecule is CCCCCC/C(=C/Sc1ccc(C)cc1)[Se]c1ccccc1. The number of hydrogen-bond donors (Lipinski definition) is 0. The number of aryl methyl sites for hydroxylation is 1. The van der Waals surface area contributed by atoms with Crippen molar-refractivity contribution >= 4 is 31.2 Å². The fourth-order valence-corrected chi connectivity index (χ4v) is 5.35. The Morgan fingerprint density at radius 3 is 2.39 bits per heavy atom. The summed E-state index contributed by atoms with van der Waals surface area (Å²) in [5.74, 6) is 0. The first kappa shape index (κ1) is 18.4. The maximum absolute atomic E-state index is 2.41. The fourth-order valence-electron chi connectivity index (χ4n) is 2.25. The van der Waals surface area contributed by atoms with Crippen molar-refractivity contribution in [1.82, 2.24) is 0 Å². The van der Waals surface area contributed by atoms with Crippen molar-refractivity contribution in [3.05, 3.63) is 70.0 Å². The second-order valence-corrected chi connectivity index (χ2v) is 9.20. The summed E-state index contributed by atoms with van der Waals surface area (Å²) in [5.41, 5.74) is 1.33. The van der Waals surface area contributed by atoms with Gasteiger partial charge in [-0.05, 0) is 0 Å². The number of allylic oxidation sites excluding steroid dienone is 1. The Labute approximate surface area is 151 Å². The van der Waals surface area contributed by atoms with Gasteiger partial charge >= 0.3 is 152 Å². The van der Waals surface area contributed by atoms with Crippen molar-refractivity contribution in [3.8, 4) is 0 Å². The number of thioether (sulfide) groups is 1. The van der Waals surface area contributed by atoms with E-state index in [0.717, 1.165) is 0 Å². The van der Waals surface area contributed by atoms with Crippen LogP contribution in [0.15, 0.2) is 69.4 Å². The van der Waals surface area contributed by atoms with Gasteiger partial charge in [0.1, 0.15) is 0 Å². The molecule has 0 bridgehead atoms. The summed E-state index contributed by atoms with van der Waals surface area (Å²) in [4.78, 5) is 1.34. The first-order valence-electron chi connectivity index (χ1n) is 8.43. The van der Waals surface area contributed by atoms with Crippen molar-refractivity contribution in [2.45, 2.75) is 50.8 Å². The number of benzene rings is 2. The maximum atomic E-state index is 2.41. The van der Waals surface area contributed by atoms with Gasteiger partial charge in [0.05, 0.1) is 0 Å². The zero-order chi connectivity index (χ0) is 16.3. The summed E-state index contributed by atoms with van der Waals surface area (Å²) >= 11 is 2.32. The molecule has 0 saturated carbocycles. The molecule has 0 radical (unpaired) electrons. The van der Waals surface area contributed by atoms with E-state index in [2.05, 4.69) is 73.9 Å². The molecule has 0 atom stereocenters. The Balaban J connectivity index is 1.99. The van der Waals surface area contributed by atoms with Gasteiger partial charge < -0.3 is 0 Å². The molecule has 0 aliphatic rings. The van der Waals surface area contributed by atoms with Crippen LogP contribution >= 0.6 is 11.8 Å². The van der Waals surface area contributed by atoms with Crippen molar-refractivity contribution in [2.24, 2.45) is 0 Å². The Morgan fingerprint density at radius 1 is 0.957 bits per heavy atom. The number of unbranched alkanes of at least 4 members (excludes halogenated alkanes) is 3. The van der Waals surface area contributed by atoms with Crippen molar-refractivity contribution in [1.29, 1.82) is 0 Å². The zero-order valence-electron chi connectivity index (χ0n) is 14.1. The summed E-state index contributed by atoms with van der Waals surface area (Å²) in [6.07, 6.45) is 6.59. The van der Waals surface area contributed by atoms with Gasteiger partial charge in [-0.3, -0.25) is 0 Å². The Bertz CT molecular complexity index is 587. The Kier molecular flexibility index (Phi) is 8.60. The normalized spacial score (nSPS) is 11.7. The molecule has 0 spiro atoms. The summed E-state index contributed by atoms with van der Waals surface area (Å²) < 4.78 is 3.09. The van der Waals surface area contributed by atoms with E-state index in [9.17, 15) is 0 Å². The predicted octanol–water partition coefficient (Wildman–Crippen LogP) is 5.93. The van der Waals surface area contributed by atoms with Gasteiger partial charge in [-0.1, -0.05) is 0 Å². The third kappa shape index (κ3) is 7.44. The average molecular weight is 389 g/mol. The van der Waals surface area contributed by atoms with Gasteiger partial charge in [-0.25, -0.2) is 0 Å². The standard InChI is InChI=1S/C21H26SSe/c1-3-4-5-7-12-21(23-20-10-8-6-9-11-20)17-22-19-15-13-18(2)14-16-19/h6,8-11,13-17H,3-5,7,12H2,1-2H3/b21-17-. The minimum absolute atomic E-state index is 0.450. The van der Waals surface area contributed by atoms with Crippen LogP contribution < -0.4 is 4.46 Å². The van der Waals surface area contributed by atoms with Gasteiger partial charge in [0.15, 0.2) is 0 Å². The first-order chi connectivity index (χ1) is 11.3. The molecule has 0 aliphatic carbocycles. The third-order valence-corrected chi connectivity index (χ3v) is 7.19. The van der Waals surface area contributed by atoms with E-state index >= 15 is 0 Å². The molecule has 0 amide bonds. The molecule has 2 aromatic rings. The molecule has 2 heteroatoms. The molecule has 0 unspecified atom stereocenters. The molecule has 23 heavy (non-hydrogen) atoms. The quantitative estimate of drug-likeness (QED) is 0.291. The van der Waals surface area contributed by atoms with Crippen LogP contribution in [0.5, 0.6) is 0 Å². The van der Waals surface area contributed by atoms with Gasteiger partial charge in [0, 0.05) is 0 Å². The van der Waals surface area contributed by atoms with Crippen LogP contribution in [0.25, 0.3) is 0 Å². The third-order valence-electron chi connectivity index (χ3n) is 3.62. The van der Waals surface area contributed by atoms with E-state index < -0.39 is 0 Å². The summed E-state index contributed by atoms with van der Waals surface area (Å²) in [5, 5.41) is 2.41. The van der Waals surface area contributed by atoms with Crippen molar-refractivity contribution in [2.75, 3.05) is 0 Å². The van der Waals surface area contributed by atoms with Crippen LogP contribution in [-0.2, 0) is 0 Å². The van der Waals surface area contributed by atoms with Gasteiger partial charge in [-0.15, -0.1) is 0 Å². The molecule has 0 saturated heterocycles. The summed E-state index contributed by atoms with van der Waals surface area (Å²) in [6, 6.07) is 19.8. The van der Waals surface area contributed by atoms with Crippen LogP contribution in [0.1, 0.15) is 44.6 Å². The van der Waals surface area contributed by atoms with E-state index in [0.29, 0.717) is 15.0 Å². The van der Waals surface area contributed by atoms with E-state index in [1.54, 1.807) is 4.47 Å². The van der Waals surface area contributed by atoms with E-state index in [1.807, 2.05) is 11.8 Å². The fraction of sp³-hybridized carbons (Fsp3) is 0.333.